The number of ether oxygens (including phenoxy) is 1. The second-order valence-corrected chi connectivity index (χ2v) is 7.02. The fraction of sp³-hybridized carbons (Fsp3) is 0.273. The van der Waals surface area contributed by atoms with E-state index in [0.717, 1.165) is 28.6 Å². The SMILES string of the molecule is C[C@@H]1C[C@@H]1C(=O)OCC(=O)c1c(-c2ccccc2)n(C)c2ccccc12. The molecule has 0 amide bonds. The van der Waals surface area contributed by atoms with Crippen LogP contribution in [0.3, 0.4) is 0 Å². The number of Topliss-reactive ketones (excluding diaryl/α,β-unsaturated/α-hetero) is 1. The molecule has 4 rings (SSSR count). The number of aromatic nitrogens is 1. The quantitative estimate of drug-likeness (QED) is 0.513. The Balaban J connectivity index is 1.73. The van der Waals surface area contributed by atoms with Crippen LogP contribution >= 0.6 is 0 Å². The van der Waals surface area contributed by atoms with E-state index >= 15 is 0 Å². The Hall–Kier alpha value is -2.88. The summed E-state index contributed by atoms with van der Waals surface area (Å²) in [4.78, 5) is 25.0. The number of hydrogen-bond donors (Lipinski definition) is 0. The normalized spacial score (nSPS) is 18.7. The number of rotatable bonds is 5. The molecule has 1 heterocycles. The monoisotopic (exact) mass is 347 g/mol. The summed E-state index contributed by atoms with van der Waals surface area (Å²) in [5.74, 6) is -0.0893. The van der Waals surface area contributed by atoms with Crippen LogP contribution in [-0.2, 0) is 16.6 Å². The average Bonchev–Trinajstić information content (AvgIpc) is 3.33. The van der Waals surface area contributed by atoms with Gasteiger partial charge in [-0.05, 0) is 24.0 Å². The van der Waals surface area contributed by atoms with Crippen LogP contribution in [0.15, 0.2) is 54.6 Å². The van der Waals surface area contributed by atoms with E-state index in [1.807, 2.05) is 73.1 Å². The van der Waals surface area contributed by atoms with E-state index in [4.69, 9.17) is 4.74 Å². The van der Waals surface area contributed by atoms with Crippen molar-refractivity contribution in [3.63, 3.8) is 0 Å². The number of carbonyl (C=O) groups is 2. The fourth-order valence-electron chi connectivity index (χ4n) is 3.58. The lowest BCUT2D eigenvalue weighted by Gasteiger charge is -2.08. The molecule has 1 aliphatic carbocycles. The molecule has 1 fully saturated rings. The van der Waals surface area contributed by atoms with E-state index in [2.05, 4.69) is 0 Å². The Bertz CT molecular complexity index is 987. The summed E-state index contributed by atoms with van der Waals surface area (Å²) in [5.41, 5.74) is 3.42. The van der Waals surface area contributed by atoms with Crippen LogP contribution < -0.4 is 0 Å². The third kappa shape index (κ3) is 2.81. The van der Waals surface area contributed by atoms with Crippen molar-refractivity contribution in [2.75, 3.05) is 6.61 Å². The van der Waals surface area contributed by atoms with Crippen molar-refractivity contribution in [1.82, 2.24) is 4.57 Å². The largest absolute Gasteiger partial charge is 0.457 e. The van der Waals surface area contributed by atoms with E-state index in [0.29, 0.717) is 11.5 Å². The van der Waals surface area contributed by atoms with Gasteiger partial charge in [0.2, 0.25) is 5.78 Å². The van der Waals surface area contributed by atoms with Crippen LogP contribution in [0.25, 0.3) is 22.2 Å². The van der Waals surface area contributed by atoms with Gasteiger partial charge in [-0.2, -0.15) is 0 Å². The van der Waals surface area contributed by atoms with E-state index in [1.165, 1.54) is 0 Å². The van der Waals surface area contributed by atoms with Gasteiger partial charge in [-0.15, -0.1) is 0 Å². The number of carbonyl (C=O) groups excluding carboxylic acids is 2. The number of nitrogens with zero attached hydrogens (tertiary/aromatic N) is 1. The molecular formula is C22H21NO3. The van der Waals surface area contributed by atoms with Crippen molar-refractivity contribution in [2.45, 2.75) is 13.3 Å². The minimum Gasteiger partial charge on any atom is -0.457 e. The molecule has 1 saturated carbocycles. The minimum atomic E-state index is -0.257. The van der Waals surface area contributed by atoms with E-state index in [-0.39, 0.29) is 24.3 Å². The van der Waals surface area contributed by atoms with Gasteiger partial charge in [-0.25, -0.2) is 0 Å². The van der Waals surface area contributed by atoms with Crippen LogP contribution in [0, 0.1) is 11.8 Å². The van der Waals surface area contributed by atoms with Gasteiger partial charge in [0.05, 0.1) is 17.2 Å². The molecule has 0 radical (unpaired) electrons. The average molecular weight is 347 g/mol. The molecule has 4 nitrogen and oxygen atoms in total. The summed E-state index contributed by atoms with van der Waals surface area (Å²) in [6.07, 6.45) is 0.858. The van der Waals surface area contributed by atoms with Gasteiger partial charge in [-0.3, -0.25) is 9.59 Å². The Labute approximate surface area is 152 Å². The first kappa shape index (κ1) is 16.6. The number of hydrogen-bond acceptors (Lipinski definition) is 3. The van der Waals surface area contributed by atoms with Gasteiger partial charge in [-0.1, -0.05) is 55.5 Å². The predicted octanol–water partition coefficient (Wildman–Crippen LogP) is 4.23. The van der Waals surface area contributed by atoms with Crippen molar-refractivity contribution in [2.24, 2.45) is 18.9 Å². The molecule has 1 aromatic heterocycles. The van der Waals surface area contributed by atoms with Gasteiger partial charge in [0.25, 0.3) is 0 Å². The molecule has 132 valence electrons. The van der Waals surface area contributed by atoms with Gasteiger partial charge < -0.3 is 9.30 Å². The molecule has 26 heavy (non-hydrogen) atoms. The molecule has 0 N–H and O–H groups in total. The number of esters is 1. The summed E-state index contributed by atoms with van der Waals surface area (Å²) < 4.78 is 7.33. The van der Waals surface area contributed by atoms with Crippen molar-refractivity contribution < 1.29 is 14.3 Å². The summed E-state index contributed by atoms with van der Waals surface area (Å²) in [6, 6.07) is 17.7. The molecule has 0 spiro atoms. The van der Waals surface area contributed by atoms with E-state index in [9.17, 15) is 9.59 Å². The third-order valence-electron chi connectivity index (χ3n) is 5.19. The molecular weight excluding hydrogens is 326 g/mol. The number of fused-ring (bicyclic) bond motifs is 1. The zero-order chi connectivity index (χ0) is 18.3. The lowest BCUT2D eigenvalue weighted by Crippen LogP contribution is -2.16. The van der Waals surface area contributed by atoms with Crippen molar-refractivity contribution in [1.29, 1.82) is 0 Å². The Morgan fingerprint density at radius 1 is 1.08 bits per heavy atom. The third-order valence-corrected chi connectivity index (χ3v) is 5.19. The zero-order valence-corrected chi connectivity index (χ0v) is 14.9. The highest BCUT2D eigenvalue weighted by molar-refractivity contribution is 6.14. The second-order valence-electron chi connectivity index (χ2n) is 7.02. The topological polar surface area (TPSA) is 48.3 Å². The number of aryl methyl sites for hydroxylation is 1. The van der Waals surface area contributed by atoms with E-state index in [1.54, 1.807) is 0 Å². The standard InChI is InChI=1S/C22H21NO3/c1-14-12-17(14)22(25)26-13-19(24)20-16-10-6-7-11-18(16)23(2)21(20)15-8-4-3-5-9-15/h3-11,14,17H,12-13H2,1-2H3/t14-,17+/m1/s1. The van der Waals surface area contributed by atoms with Gasteiger partial charge in [0, 0.05) is 18.0 Å². The van der Waals surface area contributed by atoms with Crippen LogP contribution in [-0.4, -0.2) is 22.9 Å². The maximum absolute atomic E-state index is 13.0. The fourth-order valence-corrected chi connectivity index (χ4v) is 3.58. The maximum atomic E-state index is 13.0. The Morgan fingerprint density at radius 3 is 2.42 bits per heavy atom. The van der Waals surface area contributed by atoms with Crippen molar-refractivity contribution in [3.8, 4) is 11.3 Å². The summed E-state index contributed by atoms with van der Waals surface area (Å²) in [6.45, 7) is 1.81. The number of para-hydroxylation sites is 1. The first-order chi connectivity index (χ1) is 12.6. The zero-order valence-electron chi connectivity index (χ0n) is 14.9. The second kappa shape index (κ2) is 6.45. The van der Waals surface area contributed by atoms with E-state index < -0.39 is 0 Å². The van der Waals surface area contributed by atoms with Crippen molar-refractivity contribution >= 4 is 22.7 Å². The van der Waals surface area contributed by atoms with Crippen LogP contribution in [0.2, 0.25) is 0 Å². The van der Waals surface area contributed by atoms with Crippen LogP contribution in [0.1, 0.15) is 23.7 Å². The van der Waals surface area contributed by atoms with Gasteiger partial charge in [0.1, 0.15) is 0 Å². The van der Waals surface area contributed by atoms with Gasteiger partial charge in [0.15, 0.2) is 6.61 Å². The molecule has 0 bridgehead atoms. The lowest BCUT2D eigenvalue weighted by molar-refractivity contribution is -0.144. The smallest absolute Gasteiger partial charge is 0.309 e. The first-order valence-electron chi connectivity index (χ1n) is 8.90. The Kier molecular flexibility index (Phi) is 4.11. The Morgan fingerprint density at radius 2 is 1.73 bits per heavy atom. The number of benzene rings is 2. The van der Waals surface area contributed by atoms with Gasteiger partial charge >= 0.3 is 5.97 Å². The minimum absolute atomic E-state index is 0.0380. The molecule has 0 saturated heterocycles. The molecule has 4 heteroatoms. The molecule has 0 unspecified atom stereocenters. The summed E-state index contributed by atoms with van der Waals surface area (Å²) in [5, 5.41) is 0.884. The predicted molar refractivity (Wildman–Crippen MR) is 101 cm³/mol. The van der Waals surface area contributed by atoms with Crippen molar-refractivity contribution in [3.05, 3.63) is 60.2 Å². The maximum Gasteiger partial charge on any atom is 0.309 e. The summed E-state index contributed by atoms with van der Waals surface area (Å²) >= 11 is 0. The number of ketones is 1. The highest BCUT2D eigenvalue weighted by Crippen LogP contribution is 2.39. The lowest BCUT2D eigenvalue weighted by atomic mass is 10.0. The molecule has 3 aromatic rings. The molecule has 1 aliphatic rings. The molecule has 2 atom stereocenters. The van der Waals surface area contributed by atoms with Crippen LogP contribution in [0.4, 0.5) is 0 Å². The molecule has 2 aromatic carbocycles. The molecule has 0 aliphatic heterocycles. The highest BCUT2D eigenvalue weighted by atomic mass is 16.5. The highest BCUT2D eigenvalue weighted by Gasteiger charge is 2.40. The summed E-state index contributed by atoms with van der Waals surface area (Å²) in [7, 11) is 1.96. The van der Waals surface area contributed by atoms with Crippen LogP contribution in [0.5, 0.6) is 0 Å². The first-order valence-corrected chi connectivity index (χ1v) is 8.90.